The van der Waals surface area contributed by atoms with Crippen LogP contribution in [0.5, 0.6) is 0 Å². The number of carbonyl (C=O) groups is 1. The second-order valence-corrected chi connectivity index (χ2v) is 6.70. The Morgan fingerprint density at radius 3 is 2.59 bits per heavy atom. The van der Waals surface area contributed by atoms with Gasteiger partial charge in [0.2, 0.25) is 6.29 Å². The van der Waals surface area contributed by atoms with Crippen LogP contribution >= 0.6 is 0 Å². The third-order valence-electron chi connectivity index (χ3n) is 5.07. The van der Waals surface area contributed by atoms with Gasteiger partial charge in [-0.2, -0.15) is 0 Å². The van der Waals surface area contributed by atoms with Gasteiger partial charge in [-0.3, -0.25) is 0 Å². The van der Waals surface area contributed by atoms with Crippen LogP contribution in [0.25, 0.3) is 0 Å². The molecular formula is C16H24O11. The lowest BCUT2D eigenvalue weighted by molar-refractivity contribution is -0.347. The van der Waals surface area contributed by atoms with Crippen molar-refractivity contribution in [2.75, 3.05) is 20.3 Å². The number of aliphatic hydroxyl groups is 5. The SMILES string of the molecule is COC(=O)C1=COC(O[C@@H]2O[C@H](CO)[C@@H](O)[C@H](O)[C@H]2O)C2COC(O)CC12. The number of ether oxygens (including phenoxy) is 5. The summed E-state index contributed by atoms with van der Waals surface area (Å²) in [5.74, 6) is -1.62. The highest BCUT2D eigenvalue weighted by molar-refractivity contribution is 5.88. The molecule has 0 spiro atoms. The summed E-state index contributed by atoms with van der Waals surface area (Å²) in [6.07, 6.45) is -8.03. The van der Waals surface area contributed by atoms with Gasteiger partial charge in [-0.1, -0.05) is 0 Å². The molecule has 3 aliphatic heterocycles. The molecule has 154 valence electrons. The van der Waals surface area contributed by atoms with Crippen molar-refractivity contribution in [2.24, 2.45) is 11.8 Å². The minimum Gasteiger partial charge on any atom is -0.471 e. The molecule has 0 saturated carbocycles. The van der Waals surface area contributed by atoms with Crippen molar-refractivity contribution in [1.29, 1.82) is 0 Å². The fourth-order valence-corrected chi connectivity index (χ4v) is 3.52. The molecule has 0 amide bonds. The summed E-state index contributed by atoms with van der Waals surface area (Å²) in [5.41, 5.74) is 0.221. The topological polar surface area (TPSA) is 164 Å². The van der Waals surface area contributed by atoms with E-state index < -0.39 is 67.7 Å². The van der Waals surface area contributed by atoms with Crippen molar-refractivity contribution in [2.45, 2.75) is 49.7 Å². The fraction of sp³-hybridized carbons (Fsp3) is 0.812. The molecular weight excluding hydrogens is 368 g/mol. The van der Waals surface area contributed by atoms with Crippen LogP contribution in [0.1, 0.15) is 6.42 Å². The Balaban J connectivity index is 1.76. The van der Waals surface area contributed by atoms with E-state index in [4.69, 9.17) is 23.7 Å². The summed E-state index contributed by atoms with van der Waals surface area (Å²) in [7, 11) is 1.23. The van der Waals surface area contributed by atoms with Crippen LogP contribution in [-0.4, -0.2) is 95.1 Å². The van der Waals surface area contributed by atoms with Crippen molar-refractivity contribution in [3.8, 4) is 0 Å². The second kappa shape index (κ2) is 8.37. The lowest BCUT2D eigenvalue weighted by atomic mass is 9.80. The molecule has 5 N–H and O–H groups in total. The Bertz CT molecular complexity index is 565. The highest BCUT2D eigenvalue weighted by atomic mass is 16.8. The second-order valence-electron chi connectivity index (χ2n) is 6.70. The van der Waals surface area contributed by atoms with E-state index in [1.807, 2.05) is 0 Å². The maximum Gasteiger partial charge on any atom is 0.337 e. The summed E-state index contributed by atoms with van der Waals surface area (Å²) in [6, 6.07) is 0. The van der Waals surface area contributed by atoms with Gasteiger partial charge < -0.3 is 49.2 Å². The van der Waals surface area contributed by atoms with Gasteiger partial charge in [0.1, 0.15) is 24.4 Å². The minimum absolute atomic E-state index is 0.00224. The summed E-state index contributed by atoms with van der Waals surface area (Å²) in [5, 5.41) is 48.8. The molecule has 2 saturated heterocycles. The molecule has 3 heterocycles. The number of aliphatic hydroxyl groups excluding tert-OH is 5. The predicted molar refractivity (Wildman–Crippen MR) is 83.4 cm³/mol. The standard InChI is InChI=1S/C16H24O11/c1-23-14(22)7-4-25-15(8-5-24-10(18)2-6(7)8)27-16-13(21)12(20)11(19)9(3-17)26-16/h4,6,8-13,15-21H,2-3,5H2,1H3/t6?,8?,9-,10?,11-,12+,13-,15?,16+/m1/s1. The average molecular weight is 392 g/mol. The zero-order valence-electron chi connectivity index (χ0n) is 14.6. The molecule has 0 radical (unpaired) electrons. The van der Waals surface area contributed by atoms with Gasteiger partial charge in [0.15, 0.2) is 12.6 Å². The lowest BCUT2D eigenvalue weighted by Gasteiger charge is -2.45. The molecule has 3 rings (SSSR count). The van der Waals surface area contributed by atoms with E-state index in [9.17, 15) is 30.3 Å². The van der Waals surface area contributed by atoms with Crippen LogP contribution in [0, 0.1) is 11.8 Å². The van der Waals surface area contributed by atoms with Crippen LogP contribution in [0.15, 0.2) is 11.8 Å². The van der Waals surface area contributed by atoms with Crippen LogP contribution in [0.4, 0.5) is 0 Å². The Morgan fingerprint density at radius 1 is 1.19 bits per heavy atom. The van der Waals surface area contributed by atoms with E-state index in [1.165, 1.54) is 13.4 Å². The Kier molecular flexibility index (Phi) is 6.33. The van der Waals surface area contributed by atoms with Crippen molar-refractivity contribution in [3.63, 3.8) is 0 Å². The molecule has 0 aliphatic carbocycles. The maximum atomic E-state index is 12.0. The molecule has 0 aromatic heterocycles. The van der Waals surface area contributed by atoms with Crippen LogP contribution in [0.3, 0.4) is 0 Å². The lowest BCUT2D eigenvalue weighted by Crippen LogP contribution is -2.60. The van der Waals surface area contributed by atoms with E-state index in [2.05, 4.69) is 0 Å². The quantitative estimate of drug-likeness (QED) is 0.314. The van der Waals surface area contributed by atoms with Gasteiger partial charge in [0, 0.05) is 12.3 Å². The molecule has 0 aromatic carbocycles. The zero-order chi connectivity index (χ0) is 19.7. The monoisotopic (exact) mass is 392 g/mol. The predicted octanol–water partition coefficient (Wildman–Crippen LogP) is -2.81. The average Bonchev–Trinajstić information content (AvgIpc) is 2.67. The summed E-state index contributed by atoms with van der Waals surface area (Å²) in [6.45, 7) is -0.591. The van der Waals surface area contributed by atoms with Crippen LogP contribution in [-0.2, 0) is 28.5 Å². The van der Waals surface area contributed by atoms with Crippen molar-refractivity contribution in [1.82, 2.24) is 0 Å². The molecule has 2 fully saturated rings. The molecule has 11 nitrogen and oxygen atoms in total. The summed E-state index contributed by atoms with van der Waals surface area (Å²) >= 11 is 0. The van der Waals surface area contributed by atoms with Crippen LogP contribution in [0.2, 0.25) is 0 Å². The number of hydrogen-bond donors (Lipinski definition) is 5. The Morgan fingerprint density at radius 2 is 1.93 bits per heavy atom. The largest absolute Gasteiger partial charge is 0.471 e. The van der Waals surface area contributed by atoms with Crippen molar-refractivity contribution in [3.05, 3.63) is 11.8 Å². The molecule has 11 heteroatoms. The number of hydrogen-bond acceptors (Lipinski definition) is 11. The van der Waals surface area contributed by atoms with E-state index in [-0.39, 0.29) is 18.6 Å². The molecule has 9 atom stereocenters. The summed E-state index contributed by atoms with van der Waals surface area (Å²) < 4.78 is 26.3. The van der Waals surface area contributed by atoms with Gasteiger partial charge in [-0.15, -0.1) is 0 Å². The van der Waals surface area contributed by atoms with E-state index in [0.29, 0.717) is 0 Å². The molecule has 0 bridgehead atoms. The van der Waals surface area contributed by atoms with Gasteiger partial charge in [-0.25, -0.2) is 4.79 Å². The minimum atomic E-state index is -1.59. The fourth-order valence-electron chi connectivity index (χ4n) is 3.52. The first-order chi connectivity index (χ1) is 12.9. The first kappa shape index (κ1) is 20.4. The number of rotatable bonds is 4. The van der Waals surface area contributed by atoms with Gasteiger partial charge >= 0.3 is 5.97 Å². The van der Waals surface area contributed by atoms with E-state index in [0.717, 1.165) is 0 Å². The van der Waals surface area contributed by atoms with Crippen LogP contribution < -0.4 is 0 Å². The summed E-state index contributed by atoms with van der Waals surface area (Å²) in [4.78, 5) is 12.0. The van der Waals surface area contributed by atoms with Gasteiger partial charge in [-0.05, 0) is 0 Å². The first-order valence-corrected chi connectivity index (χ1v) is 8.56. The third-order valence-corrected chi connectivity index (χ3v) is 5.07. The number of esters is 1. The first-order valence-electron chi connectivity index (χ1n) is 8.56. The Hall–Kier alpha value is -1.31. The van der Waals surface area contributed by atoms with Gasteiger partial charge in [0.05, 0.1) is 38.1 Å². The normalized spacial score (nSPS) is 44.7. The highest BCUT2D eigenvalue weighted by Crippen LogP contribution is 2.39. The number of carbonyl (C=O) groups excluding carboxylic acids is 1. The van der Waals surface area contributed by atoms with E-state index in [1.54, 1.807) is 0 Å². The van der Waals surface area contributed by atoms with Gasteiger partial charge in [0.25, 0.3) is 0 Å². The highest BCUT2D eigenvalue weighted by Gasteiger charge is 2.49. The smallest absolute Gasteiger partial charge is 0.337 e. The van der Waals surface area contributed by atoms with E-state index >= 15 is 0 Å². The molecule has 4 unspecified atom stereocenters. The molecule has 27 heavy (non-hydrogen) atoms. The molecule has 3 aliphatic rings. The van der Waals surface area contributed by atoms with Crippen molar-refractivity contribution >= 4 is 5.97 Å². The number of methoxy groups -OCH3 is 1. The zero-order valence-corrected chi connectivity index (χ0v) is 14.6. The van der Waals surface area contributed by atoms with Crippen molar-refractivity contribution < 1.29 is 54.0 Å². The maximum absolute atomic E-state index is 12.0. The number of fused-ring (bicyclic) bond motifs is 1. The third kappa shape index (κ3) is 3.96. The Labute approximate surface area is 154 Å². The molecule has 0 aromatic rings.